The van der Waals surface area contributed by atoms with Crippen molar-refractivity contribution in [2.45, 2.75) is 5.03 Å². The van der Waals surface area contributed by atoms with E-state index in [2.05, 4.69) is 10.2 Å². The van der Waals surface area contributed by atoms with E-state index < -0.39 is 0 Å². The van der Waals surface area contributed by atoms with Crippen LogP contribution in [0.3, 0.4) is 0 Å². The molecule has 0 bridgehead atoms. The van der Waals surface area contributed by atoms with Crippen molar-refractivity contribution in [1.82, 2.24) is 9.55 Å². The molecule has 0 radical (unpaired) electrons. The van der Waals surface area contributed by atoms with Crippen LogP contribution in [0, 0.1) is 4.91 Å². The number of aryl methyl sites for hydroxylation is 1. The third-order valence-electron chi connectivity index (χ3n) is 1.14. The second-order valence-electron chi connectivity index (χ2n) is 1.78. The maximum atomic E-state index is 10.1. The van der Waals surface area contributed by atoms with Crippen LogP contribution in [0.15, 0.2) is 16.5 Å². The first kappa shape index (κ1) is 7.27. The summed E-state index contributed by atoms with van der Waals surface area (Å²) in [5.41, 5.74) is 0. The van der Waals surface area contributed by atoms with Gasteiger partial charge in [-0.3, -0.25) is 0 Å². The lowest BCUT2D eigenvalue weighted by Crippen LogP contribution is -1.84. The van der Waals surface area contributed by atoms with Crippen LogP contribution in [0.1, 0.15) is 0 Å². The van der Waals surface area contributed by atoms with Crippen LogP contribution >= 0.6 is 11.8 Å². The third-order valence-corrected chi connectivity index (χ3v) is 2.00. The second kappa shape index (κ2) is 2.83. The Balaban J connectivity index is 3.12. The van der Waals surface area contributed by atoms with E-state index in [-0.39, 0.29) is 5.82 Å². The van der Waals surface area contributed by atoms with Crippen molar-refractivity contribution < 1.29 is 0 Å². The van der Waals surface area contributed by atoms with Gasteiger partial charge in [-0.2, -0.15) is 0 Å². The molecule has 0 saturated carbocycles. The van der Waals surface area contributed by atoms with Gasteiger partial charge in [-0.15, -0.1) is 16.7 Å². The minimum atomic E-state index is 0.273. The average Bonchev–Trinajstić information content (AvgIpc) is 2.30. The van der Waals surface area contributed by atoms with Gasteiger partial charge in [0.05, 0.1) is 6.33 Å². The molecule has 0 amide bonds. The number of nitroso groups, excluding NO2 is 1. The quantitative estimate of drug-likeness (QED) is 0.483. The highest BCUT2D eigenvalue weighted by Gasteiger charge is 2.06. The largest absolute Gasteiger partial charge is 0.327 e. The summed E-state index contributed by atoms with van der Waals surface area (Å²) in [6.45, 7) is 0. The monoisotopic (exact) mass is 157 g/mol. The summed E-state index contributed by atoms with van der Waals surface area (Å²) >= 11 is 1.46. The summed E-state index contributed by atoms with van der Waals surface area (Å²) < 4.78 is 1.77. The van der Waals surface area contributed by atoms with Gasteiger partial charge in [-0.05, 0) is 11.4 Å². The van der Waals surface area contributed by atoms with Crippen LogP contribution < -0.4 is 0 Å². The number of aromatic nitrogens is 2. The fourth-order valence-corrected chi connectivity index (χ4v) is 1.31. The first-order valence-corrected chi connectivity index (χ1v) is 3.90. The molecule has 0 fully saturated rings. The molecule has 0 N–H and O–H groups in total. The summed E-state index contributed by atoms with van der Waals surface area (Å²) in [6, 6.07) is 0. The Morgan fingerprint density at radius 3 is 2.90 bits per heavy atom. The van der Waals surface area contributed by atoms with Crippen LogP contribution in [0.25, 0.3) is 0 Å². The molecule has 0 unspecified atom stereocenters. The Morgan fingerprint density at radius 1 is 1.80 bits per heavy atom. The van der Waals surface area contributed by atoms with E-state index in [0.29, 0.717) is 0 Å². The normalized spacial score (nSPS) is 9.80. The topological polar surface area (TPSA) is 47.2 Å². The summed E-state index contributed by atoms with van der Waals surface area (Å²) in [5, 5.41) is 3.56. The Bertz CT molecular complexity index is 245. The van der Waals surface area contributed by atoms with E-state index in [1.807, 2.05) is 13.3 Å². The van der Waals surface area contributed by atoms with Crippen LogP contribution in [-0.2, 0) is 7.05 Å². The highest BCUT2D eigenvalue weighted by molar-refractivity contribution is 7.98. The fraction of sp³-hybridized carbons (Fsp3) is 0.400. The van der Waals surface area contributed by atoms with Crippen LogP contribution in [0.5, 0.6) is 0 Å². The van der Waals surface area contributed by atoms with Crippen molar-refractivity contribution in [2.24, 2.45) is 12.2 Å². The molecule has 1 heterocycles. The summed E-state index contributed by atoms with van der Waals surface area (Å²) in [6.07, 6.45) is 3.45. The average molecular weight is 157 g/mol. The van der Waals surface area contributed by atoms with Crippen molar-refractivity contribution in [3.8, 4) is 0 Å². The van der Waals surface area contributed by atoms with Gasteiger partial charge in [-0.1, -0.05) is 0 Å². The lowest BCUT2D eigenvalue weighted by Gasteiger charge is -1.94. The molecule has 0 aromatic carbocycles. The van der Waals surface area contributed by atoms with Gasteiger partial charge in [0.25, 0.3) is 0 Å². The first-order valence-electron chi connectivity index (χ1n) is 2.68. The lowest BCUT2D eigenvalue weighted by molar-refractivity contribution is 0.825. The number of rotatable bonds is 2. The zero-order chi connectivity index (χ0) is 7.56. The molecule has 5 heteroatoms. The number of hydrogen-bond donors (Lipinski definition) is 0. The number of nitrogens with zero attached hydrogens (tertiary/aromatic N) is 3. The van der Waals surface area contributed by atoms with E-state index in [1.165, 1.54) is 11.8 Å². The second-order valence-corrected chi connectivity index (χ2v) is 2.57. The van der Waals surface area contributed by atoms with Gasteiger partial charge >= 0.3 is 0 Å². The van der Waals surface area contributed by atoms with Crippen molar-refractivity contribution in [3.63, 3.8) is 0 Å². The molecule has 0 aliphatic carbocycles. The molecular weight excluding hydrogens is 150 g/mol. The van der Waals surface area contributed by atoms with Gasteiger partial charge < -0.3 is 4.57 Å². The van der Waals surface area contributed by atoms with Crippen molar-refractivity contribution in [1.29, 1.82) is 0 Å². The first-order chi connectivity index (χ1) is 4.79. The van der Waals surface area contributed by atoms with Crippen molar-refractivity contribution in [2.75, 3.05) is 6.26 Å². The number of thioether (sulfide) groups is 1. The van der Waals surface area contributed by atoms with E-state index in [9.17, 15) is 4.91 Å². The molecule has 0 aliphatic rings. The van der Waals surface area contributed by atoms with Gasteiger partial charge in [0.1, 0.15) is 5.03 Å². The molecule has 10 heavy (non-hydrogen) atoms. The minimum Gasteiger partial charge on any atom is -0.327 e. The summed E-state index contributed by atoms with van der Waals surface area (Å²) in [5.74, 6) is 0.273. The van der Waals surface area contributed by atoms with E-state index >= 15 is 0 Å². The highest BCUT2D eigenvalue weighted by atomic mass is 32.2. The number of hydrogen-bond acceptors (Lipinski definition) is 4. The minimum absolute atomic E-state index is 0.273. The molecule has 1 aromatic heterocycles. The van der Waals surface area contributed by atoms with Gasteiger partial charge in [0.2, 0.25) is 5.82 Å². The molecule has 0 aliphatic heterocycles. The Kier molecular flexibility index (Phi) is 2.06. The molecule has 4 nitrogen and oxygen atoms in total. The predicted octanol–water partition coefficient (Wildman–Crippen LogP) is 1.54. The number of imidazole rings is 1. The Labute approximate surface area is 62.6 Å². The van der Waals surface area contributed by atoms with Crippen LogP contribution in [0.2, 0.25) is 0 Å². The molecule has 0 atom stereocenters. The zero-order valence-electron chi connectivity index (χ0n) is 5.74. The Morgan fingerprint density at radius 2 is 2.50 bits per heavy atom. The standard InChI is InChI=1S/C5H7N3OS/c1-8-3-6-4(7-9)5(8)10-2/h3H,1-2H3. The van der Waals surface area contributed by atoms with Gasteiger partial charge in [0, 0.05) is 7.05 Å². The van der Waals surface area contributed by atoms with Crippen LogP contribution in [0.4, 0.5) is 5.82 Å². The molecule has 54 valence electrons. The van der Waals surface area contributed by atoms with Crippen molar-refractivity contribution >= 4 is 17.6 Å². The summed E-state index contributed by atoms with van der Waals surface area (Å²) in [4.78, 5) is 13.8. The smallest absolute Gasteiger partial charge is 0.228 e. The predicted molar refractivity (Wildman–Crippen MR) is 40.4 cm³/mol. The molecule has 1 aromatic rings. The third kappa shape index (κ3) is 1.04. The van der Waals surface area contributed by atoms with Crippen LogP contribution in [-0.4, -0.2) is 15.8 Å². The molecular formula is C5H7N3OS. The van der Waals surface area contributed by atoms with E-state index in [1.54, 1.807) is 10.9 Å². The SMILES string of the molecule is CSc1c(N=O)ncn1C. The summed E-state index contributed by atoms with van der Waals surface area (Å²) in [7, 11) is 1.83. The van der Waals surface area contributed by atoms with Gasteiger partial charge in [-0.25, -0.2) is 4.98 Å². The Hall–Kier alpha value is -0.840. The molecule has 0 saturated heterocycles. The van der Waals surface area contributed by atoms with E-state index in [4.69, 9.17) is 0 Å². The molecule has 0 spiro atoms. The molecule has 1 rings (SSSR count). The van der Waals surface area contributed by atoms with E-state index in [0.717, 1.165) is 5.03 Å². The maximum absolute atomic E-state index is 10.1. The maximum Gasteiger partial charge on any atom is 0.228 e. The fourth-order valence-electron chi connectivity index (χ4n) is 0.705. The zero-order valence-corrected chi connectivity index (χ0v) is 6.55. The van der Waals surface area contributed by atoms with Gasteiger partial charge in [0.15, 0.2) is 0 Å². The lowest BCUT2D eigenvalue weighted by atomic mass is 10.8. The van der Waals surface area contributed by atoms with Crippen molar-refractivity contribution in [3.05, 3.63) is 11.2 Å². The highest BCUT2D eigenvalue weighted by Crippen LogP contribution is 2.24.